The van der Waals surface area contributed by atoms with Crippen molar-refractivity contribution in [1.29, 1.82) is 0 Å². The number of ether oxygens (including phenoxy) is 1. The van der Waals surface area contributed by atoms with Crippen molar-refractivity contribution in [2.24, 2.45) is 0 Å². The van der Waals surface area contributed by atoms with Gasteiger partial charge in [0.2, 0.25) is 0 Å². The minimum absolute atomic E-state index is 0.157. The highest BCUT2D eigenvalue weighted by atomic mass is 16.5. The molecule has 0 aliphatic rings. The Balaban J connectivity index is 1.75. The molecule has 0 saturated carbocycles. The lowest BCUT2D eigenvalue weighted by atomic mass is 10.1. The van der Waals surface area contributed by atoms with Crippen molar-refractivity contribution in [3.8, 4) is 5.75 Å². The molecule has 0 aliphatic heterocycles. The SMILES string of the molecule is COc1ccc(NC(=O)c2cccc(C(=O)Nc3c(C)cccc3C)n2)cc1. The van der Waals surface area contributed by atoms with Crippen LogP contribution in [0.3, 0.4) is 0 Å². The molecule has 2 amide bonds. The standard InChI is InChI=1S/C22H21N3O3/c1-14-6-4-7-15(2)20(14)25-22(27)19-9-5-8-18(24-19)21(26)23-16-10-12-17(28-3)13-11-16/h4-13H,1-3H3,(H,23,26)(H,25,27). The molecule has 0 unspecified atom stereocenters. The van der Waals surface area contributed by atoms with E-state index in [1.54, 1.807) is 49.6 Å². The molecular formula is C22H21N3O3. The van der Waals surface area contributed by atoms with Gasteiger partial charge >= 0.3 is 0 Å². The number of carbonyl (C=O) groups is 2. The average molecular weight is 375 g/mol. The normalized spacial score (nSPS) is 10.2. The number of aromatic nitrogens is 1. The van der Waals surface area contributed by atoms with E-state index in [0.717, 1.165) is 16.8 Å². The number of benzene rings is 2. The van der Waals surface area contributed by atoms with E-state index >= 15 is 0 Å². The summed E-state index contributed by atoms with van der Waals surface area (Å²) in [4.78, 5) is 29.3. The van der Waals surface area contributed by atoms with Gasteiger partial charge < -0.3 is 15.4 Å². The quantitative estimate of drug-likeness (QED) is 0.700. The zero-order valence-electron chi connectivity index (χ0n) is 15.9. The van der Waals surface area contributed by atoms with Crippen LogP contribution in [-0.2, 0) is 0 Å². The van der Waals surface area contributed by atoms with E-state index < -0.39 is 5.91 Å². The molecule has 1 heterocycles. The summed E-state index contributed by atoms with van der Waals surface area (Å²) in [7, 11) is 1.58. The Labute approximate surface area is 163 Å². The summed E-state index contributed by atoms with van der Waals surface area (Å²) in [6, 6.07) is 17.5. The third-order valence-corrected chi connectivity index (χ3v) is 4.28. The monoisotopic (exact) mass is 375 g/mol. The van der Waals surface area contributed by atoms with Crippen LogP contribution in [0.25, 0.3) is 0 Å². The maximum atomic E-state index is 12.6. The Morgan fingerprint density at radius 2 is 1.32 bits per heavy atom. The smallest absolute Gasteiger partial charge is 0.274 e. The number of methoxy groups -OCH3 is 1. The fraction of sp³-hybridized carbons (Fsp3) is 0.136. The number of para-hydroxylation sites is 1. The minimum Gasteiger partial charge on any atom is -0.497 e. The average Bonchev–Trinajstić information content (AvgIpc) is 2.71. The Morgan fingerprint density at radius 3 is 1.89 bits per heavy atom. The molecule has 0 saturated heterocycles. The number of nitrogens with one attached hydrogen (secondary N) is 2. The van der Waals surface area contributed by atoms with Gasteiger partial charge in [0.1, 0.15) is 17.1 Å². The second-order valence-corrected chi connectivity index (χ2v) is 6.31. The molecule has 2 aromatic carbocycles. The third-order valence-electron chi connectivity index (χ3n) is 4.28. The van der Waals surface area contributed by atoms with Gasteiger partial charge in [-0.3, -0.25) is 9.59 Å². The van der Waals surface area contributed by atoms with Gasteiger partial charge in [0, 0.05) is 11.4 Å². The highest BCUT2D eigenvalue weighted by Crippen LogP contribution is 2.20. The predicted molar refractivity (Wildman–Crippen MR) is 109 cm³/mol. The molecule has 28 heavy (non-hydrogen) atoms. The van der Waals surface area contributed by atoms with Crippen LogP contribution in [0.2, 0.25) is 0 Å². The van der Waals surface area contributed by atoms with E-state index in [0.29, 0.717) is 11.4 Å². The van der Waals surface area contributed by atoms with Crippen LogP contribution in [0.4, 0.5) is 11.4 Å². The van der Waals surface area contributed by atoms with Gasteiger partial charge in [-0.2, -0.15) is 0 Å². The lowest BCUT2D eigenvalue weighted by molar-refractivity contribution is 0.101. The molecule has 3 aromatic rings. The number of hydrogen-bond acceptors (Lipinski definition) is 4. The van der Waals surface area contributed by atoms with Crippen molar-refractivity contribution >= 4 is 23.2 Å². The van der Waals surface area contributed by atoms with Crippen molar-refractivity contribution < 1.29 is 14.3 Å². The summed E-state index contributed by atoms with van der Waals surface area (Å²) in [5, 5.41) is 5.63. The highest BCUT2D eigenvalue weighted by molar-refractivity contribution is 6.06. The van der Waals surface area contributed by atoms with E-state index in [9.17, 15) is 9.59 Å². The van der Waals surface area contributed by atoms with Crippen LogP contribution in [0.15, 0.2) is 60.7 Å². The second kappa shape index (κ2) is 8.35. The van der Waals surface area contributed by atoms with Gasteiger partial charge in [-0.25, -0.2) is 4.98 Å². The molecule has 6 nitrogen and oxygen atoms in total. The Bertz CT molecular complexity index is 994. The first-order chi connectivity index (χ1) is 13.5. The molecule has 142 valence electrons. The van der Waals surface area contributed by atoms with Crippen molar-refractivity contribution in [1.82, 2.24) is 4.98 Å². The van der Waals surface area contributed by atoms with Gasteiger partial charge in [0.05, 0.1) is 7.11 Å². The first-order valence-corrected chi connectivity index (χ1v) is 8.78. The number of amides is 2. The fourth-order valence-electron chi connectivity index (χ4n) is 2.75. The molecule has 0 radical (unpaired) electrons. The molecule has 3 rings (SSSR count). The third kappa shape index (κ3) is 4.35. The lowest BCUT2D eigenvalue weighted by Gasteiger charge is -2.11. The molecule has 0 fully saturated rings. The van der Waals surface area contributed by atoms with Gasteiger partial charge in [0.25, 0.3) is 11.8 Å². The summed E-state index contributed by atoms with van der Waals surface area (Å²) in [6.45, 7) is 3.85. The molecule has 0 atom stereocenters. The minimum atomic E-state index is -0.396. The van der Waals surface area contributed by atoms with Gasteiger partial charge in [-0.15, -0.1) is 0 Å². The number of pyridine rings is 1. The van der Waals surface area contributed by atoms with Crippen molar-refractivity contribution in [3.05, 3.63) is 83.2 Å². The molecule has 2 N–H and O–H groups in total. The van der Waals surface area contributed by atoms with Crippen LogP contribution < -0.4 is 15.4 Å². The number of anilines is 2. The van der Waals surface area contributed by atoms with Gasteiger partial charge in [0.15, 0.2) is 0 Å². The fourth-order valence-corrected chi connectivity index (χ4v) is 2.75. The van der Waals surface area contributed by atoms with E-state index in [1.165, 1.54) is 0 Å². The van der Waals surface area contributed by atoms with Crippen molar-refractivity contribution in [3.63, 3.8) is 0 Å². The number of hydrogen-bond donors (Lipinski definition) is 2. The number of rotatable bonds is 5. The molecular weight excluding hydrogens is 354 g/mol. The molecule has 6 heteroatoms. The Kier molecular flexibility index (Phi) is 5.69. The summed E-state index contributed by atoms with van der Waals surface area (Å²) >= 11 is 0. The summed E-state index contributed by atoms with van der Waals surface area (Å²) in [5.74, 6) is -0.0651. The maximum absolute atomic E-state index is 12.6. The van der Waals surface area contributed by atoms with Crippen LogP contribution >= 0.6 is 0 Å². The number of carbonyl (C=O) groups excluding carboxylic acids is 2. The molecule has 0 spiro atoms. The molecule has 1 aromatic heterocycles. The Morgan fingerprint density at radius 1 is 0.786 bits per heavy atom. The van der Waals surface area contributed by atoms with Crippen LogP contribution in [0.5, 0.6) is 5.75 Å². The lowest BCUT2D eigenvalue weighted by Crippen LogP contribution is -2.19. The predicted octanol–water partition coefficient (Wildman–Crippen LogP) is 4.21. The number of aryl methyl sites for hydroxylation is 2. The summed E-state index contributed by atoms with van der Waals surface area (Å²) < 4.78 is 5.10. The summed E-state index contributed by atoms with van der Waals surface area (Å²) in [6.07, 6.45) is 0. The second-order valence-electron chi connectivity index (χ2n) is 6.31. The largest absolute Gasteiger partial charge is 0.497 e. The summed E-state index contributed by atoms with van der Waals surface area (Å²) in [5.41, 5.74) is 3.61. The topological polar surface area (TPSA) is 80.3 Å². The van der Waals surface area contributed by atoms with E-state index in [2.05, 4.69) is 15.6 Å². The van der Waals surface area contributed by atoms with E-state index in [1.807, 2.05) is 32.0 Å². The number of nitrogens with zero attached hydrogens (tertiary/aromatic N) is 1. The zero-order valence-corrected chi connectivity index (χ0v) is 15.9. The van der Waals surface area contributed by atoms with E-state index in [4.69, 9.17) is 4.74 Å². The first kappa shape index (κ1) is 19.1. The Hall–Kier alpha value is -3.67. The van der Waals surface area contributed by atoms with Crippen LogP contribution in [0, 0.1) is 13.8 Å². The molecule has 0 bridgehead atoms. The van der Waals surface area contributed by atoms with E-state index in [-0.39, 0.29) is 17.3 Å². The highest BCUT2D eigenvalue weighted by Gasteiger charge is 2.14. The first-order valence-electron chi connectivity index (χ1n) is 8.78. The van der Waals surface area contributed by atoms with Crippen LogP contribution in [0.1, 0.15) is 32.1 Å². The van der Waals surface area contributed by atoms with Crippen LogP contribution in [-0.4, -0.2) is 23.9 Å². The molecule has 0 aliphatic carbocycles. The zero-order chi connectivity index (χ0) is 20.1. The van der Waals surface area contributed by atoms with Gasteiger partial charge in [-0.05, 0) is 61.4 Å². The maximum Gasteiger partial charge on any atom is 0.274 e. The van der Waals surface area contributed by atoms with Crippen molar-refractivity contribution in [2.45, 2.75) is 13.8 Å². The van der Waals surface area contributed by atoms with Crippen molar-refractivity contribution in [2.75, 3.05) is 17.7 Å². The van der Waals surface area contributed by atoms with Gasteiger partial charge in [-0.1, -0.05) is 24.3 Å².